The number of aromatic nitrogens is 3. The molecule has 108 valence electrons. The first-order valence-corrected chi connectivity index (χ1v) is 7.04. The number of hydrogen-bond acceptors (Lipinski definition) is 2. The van der Waals surface area contributed by atoms with Crippen molar-refractivity contribution in [1.29, 1.82) is 0 Å². The van der Waals surface area contributed by atoms with E-state index < -0.39 is 0 Å². The highest BCUT2D eigenvalue weighted by molar-refractivity contribution is 5.47. The zero-order chi connectivity index (χ0) is 15.2. The fourth-order valence-electron chi connectivity index (χ4n) is 2.45. The largest absolute Gasteiger partial charge is 0.298 e. The third-order valence-electron chi connectivity index (χ3n) is 3.80. The van der Waals surface area contributed by atoms with Crippen molar-refractivity contribution >= 4 is 5.52 Å². The van der Waals surface area contributed by atoms with Crippen molar-refractivity contribution in [2.45, 2.75) is 33.1 Å². The van der Waals surface area contributed by atoms with E-state index in [1.54, 1.807) is 17.0 Å². The van der Waals surface area contributed by atoms with Crippen LogP contribution in [0.4, 0.5) is 0 Å². The van der Waals surface area contributed by atoms with Gasteiger partial charge in [-0.1, -0.05) is 32.9 Å². The molecule has 0 aliphatic rings. The monoisotopic (exact) mass is 281 g/mol. The van der Waals surface area contributed by atoms with Gasteiger partial charge in [0.05, 0.1) is 6.20 Å². The van der Waals surface area contributed by atoms with Crippen LogP contribution < -0.4 is 5.56 Å². The Hall–Kier alpha value is -2.36. The van der Waals surface area contributed by atoms with Crippen LogP contribution in [0.25, 0.3) is 11.2 Å². The maximum Gasteiger partial charge on any atom is 0.281 e. The molecule has 3 rings (SSSR count). The van der Waals surface area contributed by atoms with Crippen LogP contribution in [-0.4, -0.2) is 14.0 Å². The minimum atomic E-state index is -0.0541. The number of aryl methyl sites for hydroxylation is 1. The molecule has 0 saturated heterocycles. The van der Waals surface area contributed by atoms with Crippen molar-refractivity contribution in [3.8, 4) is 5.69 Å². The number of nitrogens with zero attached hydrogens (tertiary/aromatic N) is 3. The van der Waals surface area contributed by atoms with Crippen molar-refractivity contribution in [2.75, 3.05) is 0 Å². The van der Waals surface area contributed by atoms with Crippen LogP contribution in [0.1, 0.15) is 32.2 Å². The molecule has 4 nitrogen and oxygen atoms in total. The molecule has 0 spiro atoms. The van der Waals surface area contributed by atoms with Crippen molar-refractivity contribution in [3.05, 3.63) is 64.6 Å². The lowest BCUT2D eigenvalue weighted by Gasteiger charge is -2.19. The van der Waals surface area contributed by atoms with Gasteiger partial charge in [-0.15, -0.1) is 0 Å². The van der Waals surface area contributed by atoms with Gasteiger partial charge in [-0.2, -0.15) is 0 Å². The highest BCUT2D eigenvalue weighted by atomic mass is 16.1. The van der Waals surface area contributed by atoms with Gasteiger partial charge in [0.15, 0.2) is 0 Å². The smallest absolute Gasteiger partial charge is 0.281 e. The molecule has 0 bridgehead atoms. The molecule has 0 saturated carbocycles. The molecule has 0 fully saturated rings. The van der Waals surface area contributed by atoms with Crippen LogP contribution >= 0.6 is 0 Å². The van der Waals surface area contributed by atoms with Crippen LogP contribution in [0, 0.1) is 6.92 Å². The highest BCUT2D eigenvalue weighted by Gasteiger charge is 2.13. The molecule has 0 radical (unpaired) electrons. The van der Waals surface area contributed by atoms with Crippen molar-refractivity contribution in [3.63, 3.8) is 0 Å². The van der Waals surface area contributed by atoms with E-state index in [0.29, 0.717) is 5.52 Å². The molecule has 0 amide bonds. The standard InChI is InChI=1S/C17H19N3O/c1-12-18-11-15-16(21)20(10-9-19(12)15)14-7-5-13(6-8-14)17(2,3)4/h5-11H,1-4H3. The molecular weight excluding hydrogens is 262 g/mol. The summed E-state index contributed by atoms with van der Waals surface area (Å²) in [4.78, 5) is 16.7. The topological polar surface area (TPSA) is 39.3 Å². The Morgan fingerprint density at radius 3 is 2.33 bits per heavy atom. The van der Waals surface area contributed by atoms with E-state index in [-0.39, 0.29) is 11.0 Å². The van der Waals surface area contributed by atoms with Crippen LogP contribution in [-0.2, 0) is 5.41 Å². The molecule has 2 heterocycles. The molecule has 3 aromatic rings. The molecule has 2 aromatic heterocycles. The minimum absolute atomic E-state index is 0.0541. The lowest BCUT2D eigenvalue weighted by atomic mass is 9.87. The molecule has 1 aromatic carbocycles. The van der Waals surface area contributed by atoms with Gasteiger partial charge >= 0.3 is 0 Å². The van der Waals surface area contributed by atoms with Gasteiger partial charge < -0.3 is 0 Å². The number of imidazole rings is 1. The fourth-order valence-corrected chi connectivity index (χ4v) is 2.45. The van der Waals surface area contributed by atoms with E-state index in [4.69, 9.17) is 0 Å². The Bertz CT molecular complexity index is 848. The molecule has 0 unspecified atom stereocenters. The predicted molar refractivity (Wildman–Crippen MR) is 84.2 cm³/mol. The summed E-state index contributed by atoms with van der Waals surface area (Å²) in [7, 11) is 0. The Morgan fingerprint density at radius 2 is 1.71 bits per heavy atom. The quantitative estimate of drug-likeness (QED) is 0.687. The first kappa shape index (κ1) is 13.6. The summed E-state index contributed by atoms with van der Waals surface area (Å²) in [5.41, 5.74) is 2.77. The van der Waals surface area contributed by atoms with Gasteiger partial charge in [0.2, 0.25) is 0 Å². The van der Waals surface area contributed by atoms with E-state index in [1.807, 2.05) is 29.7 Å². The molecular formula is C17H19N3O. The maximum absolute atomic E-state index is 12.5. The van der Waals surface area contributed by atoms with E-state index in [1.165, 1.54) is 5.56 Å². The van der Waals surface area contributed by atoms with Gasteiger partial charge in [-0.05, 0) is 30.0 Å². The van der Waals surface area contributed by atoms with Crippen LogP contribution in [0.2, 0.25) is 0 Å². The van der Waals surface area contributed by atoms with Gasteiger partial charge in [-0.25, -0.2) is 4.98 Å². The lowest BCUT2D eigenvalue weighted by Crippen LogP contribution is -2.20. The Labute approximate surface area is 123 Å². The SMILES string of the molecule is Cc1ncc2c(=O)n(-c3ccc(C(C)(C)C)cc3)ccn12. The second-order valence-electron chi connectivity index (χ2n) is 6.33. The summed E-state index contributed by atoms with van der Waals surface area (Å²) in [6.45, 7) is 8.41. The number of hydrogen-bond donors (Lipinski definition) is 0. The summed E-state index contributed by atoms with van der Waals surface area (Å²) in [5, 5.41) is 0. The summed E-state index contributed by atoms with van der Waals surface area (Å²) < 4.78 is 3.46. The molecule has 0 aliphatic heterocycles. The Morgan fingerprint density at radius 1 is 1.05 bits per heavy atom. The summed E-state index contributed by atoms with van der Waals surface area (Å²) in [5.74, 6) is 0.817. The van der Waals surface area contributed by atoms with Crippen LogP contribution in [0.5, 0.6) is 0 Å². The Balaban J connectivity index is 2.13. The minimum Gasteiger partial charge on any atom is -0.298 e. The van der Waals surface area contributed by atoms with Crippen molar-refractivity contribution in [2.24, 2.45) is 0 Å². The third kappa shape index (κ3) is 2.27. The number of rotatable bonds is 1. The van der Waals surface area contributed by atoms with Crippen LogP contribution in [0.15, 0.2) is 47.7 Å². The van der Waals surface area contributed by atoms with Gasteiger partial charge in [0.25, 0.3) is 5.56 Å². The van der Waals surface area contributed by atoms with E-state index in [9.17, 15) is 4.79 Å². The Kier molecular flexibility index (Phi) is 2.97. The molecule has 0 atom stereocenters. The lowest BCUT2D eigenvalue weighted by molar-refractivity contribution is 0.590. The zero-order valence-electron chi connectivity index (χ0n) is 12.8. The van der Waals surface area contributed by atoms with Crippen molar-refractivity contribution in [1.82, 2.24) is 14.0 Å². The maximum atomic E-state index is 12.5. The van der Waals surface area contributed by atoms with E-state index >= 15 is 0 Å². The summed E-state index contributed by atoms with van der Waals surface area (Å²) in [6, 6.07) is 8.13. The van der Waals surface area contributed by atoms with Gasteiger partial charge in [0.1, 0.15) is 11.3 Å². The van der Waals surface area contributed by atoms with Crippen molar-refractivity contribution < 1.29 is 0 Å². The summed E-state index contributed by atoms with van der Waals surface area (Å²) >= 11 is 0. The van der Waals surface area contributed by atoms with E-state index in [0.717, 1.165) is 11.5 Å². The second-order valence-corrected chi connectivity index (χ2v) is 6.33. The van der Waals surface area contributed by atoms with E-state index in [2.05, 4.69) is 37.9 Å². The first-order valence-electron chi connectivity index (χ1n) is 7.04. The number of fused-ring (bicyclic) bond motifs is 1. The average Bonchev–Trinajstić information content (AvgIpc) is 2.81. The van der Waals surface area contributed by atoms with Gasteiger partial charge in [0, 0.05) is 18.1 Å². The first-order chi connectivity index (χ1) is 9.88. The normalized spacial score (nSPS) is 12.0. The predicted octanol–water partition coefficient (Wildman–Crippen LogP) is 3.09. The molecule has 0 aliphatic carbocycles. The fraction of sp³-hybridized carbons (Fsp3) is 0.294. The average molecular weight is 281 g/mol. The highest BCUT2D eigenvalue weighted by Crippen LogP contribution is 2.22. The molecule has 21 heavy (non-hydrogen) atoms. The summed E-state index contributed by atoms with van der Waals surface area (Å²) in [6.07, 6.45) is 5.28. The second kappa shape index (κ2) is 4.58. The zero-order valence-corrected chi connectivity index (χ0v) is 12.8. The third-order valence-corrected chi connectivity index (χ3v) is 3.80. The van der Waals surface area contributed by atoms with Gasteiger partial charge in [-0.3, -0.25) is 13.8 Å². The van der Waals surface area contributed by atoms with Crippen LogP contribution in [0.3, 0.4) is 0 Å². The number of benzene rings is 1. The molecule has 4 heteroatoms. The molecule has 0 N–H and O–H groups in total.